The summed E-state index contributed by atoms with van der Waals surface area (Å²) in [5.41, 5.74) is 0.785. The van der Waals surface area contributed by atoms with Gasteiger partial charge in [0, 0.05) is 6.04 Å². The second-order valence-electron chi connectivity index (χ2n) is 5.34. The van der Waals surface area contributed by atoms with Crippen molar-refractivity contribution in [3.05, 3.63) is 34.9 Å². The van der Waals surface area contributed by atoms with Crippen molar-refractivity contribution in [2.45, 2.75) is 37.9 Å². The lowest BCUT2D eigenvalue weighted by atomic mass is 9.94. The number of benzene rings is 1. The van der Waals surface area contributed by atoms with Gasteiger partial charge in [-0.25, -0.2) is 0 Å². The Kier molecular flexibility index (Phi) is 3.48. The van der Waals surface area contributed by atoms with Gasteiger partial charge in [0.25, 0.3) is 0 Å². The average Bonchev–Trinajstić information content (AvgIpc) is 2.56. The van der Waals surface area contributed by atoms with Gasteiger partial charge in [-0.2, -0.15) is 13.2 Å². The Balaban J connectivity index is 1.98. The van der Waals surface area contributed by atoms with Crippen LogP contribution in [0.3, 0.4) is 0 Å². The molecule has 1 aromatic carbocycles. The van der Waals surface area contributed by atoms with Crippen molar-refractivity contribution in [2.75, 3.05) is 13.2 Å². The van der Waals surface area contributed by atoms with E-state index in [-0.39, 0.29) is 24.8 Å². The first kappa shape index (κ1) is 13.9. The molecule has 3 atom stereocenters. The molecule has 1 aromatic rings. The molecule has 0 aromatic heterocycles. The number of fused-ring (bicyclic) bond motifs is 3. The van der Waals surface area contributed by atoms with Crippen molar-refractivity contribution in [1.82, 2.24) is 5.32 Å². The maximum absolute atomic E-state index is 12.8. The second-order valence-corrected chi connectivity index (χ2v) is 5.34. The maximum Gasteiger partial charge on any atom is 0.416 e. The summed E-state index contributed by atoms with van der Waals surface area (Å²) < 4.78 is 49.5. The van der Waals surface area contributed by atoms with E-state index in [1.807, 2.05) is 6.92 Å². The Bertz CT molecular complexity index is 504. The predicted molar refractivity (Wildman–Crippen MR) is 66.2 cm³/mol. The first-order valence-corrected chi connectivity index (χ1v) is 6.60. The van der Waals surface area contributed by atoms with Crippen LogP contribution in [-0.2, 0) is 22.3 Å². The van der Waals surface area contributed by atoms with Crippen LogP contribution in [0.25, 0.3) is 0 Å². The molecule has 3 rings (SSSR count). The Morgan fingerprint density at radius 2 is 2.05 bits per heavy atom. The summed E-state index contributed by atoms with van der Waals surface area (Å²) in [6, 6.07) is 3.91. The van der Waals surface area contributed by atoms with E-state index >= 15 is 0 Å². The van der Waals surface area contributed by atoms with Crippen LogP contribution in [0.2, 0.25) is 0 Å². The Morgan fingerprint density at radius 3 is 2.80 bits per heavy atom. The summed E-state index contributed by atoms with van der Waals surface area (Å²) in [6.07, 6.45) is -4.48. The first-order chi connectivity index (χ1) is 9.45. The molecule has 2 aliphatic heterocycles. The fourth-order valence-corrected chi connectivity index (χ4v) is 2.76. The molecule has 6 heteroatoms. The smallest absolute Gasteiger partial charge is 0.374 e. The van der Waals surface area contributed by atoms with E-state index < -0.39 is 11.7 Å². The van der Waals surface area contributed by atoms with Crippen molar-refractivity contribution in [3.8, 4) is 0 Å². The Morgan fingerprint density at radius 1 is 1.25 bits per heavy atom. The second kappa shape index (κ2) is 5.02. The fourth-order valence-electron chi connectivity index (χ4n) is 2.76. The number of rotatable bonds is 0. The molecule has 1 saturated heterocycles. The van der Waals surface area contributed by atoms with Gasteiger partial charge in [0.1, 0.15) is 6.10 Å². The van der Waals surface area contributed by atoms with Crippen molar-refractivity contribution >= 4 is 0 Å². The van der Waals surface area contributed by atoms with E-state index in [9.17, 15) is 13.2 Å². The van der Waals surface area contributed by atoms with E-state index in [1.54, 1.807) is 6.07 Å². The predicted octanol–water partition coefficient (Wildman–Crippen LogP) is 2.65. The number of morpholine rings is 1. The molecule has 3 nitrogen and oxygen atoms in total. The van der Waals surface area contributed by atoms with E-state index in [1.165, 1.54) is 6.07 Å². The van der Waals surface area contributed by atoms with Crippen LogP contribution < -0.4 is 5.32 Å². The summed E-state index contributed by atoms with van der Waals surface area (Å²) in [5.74, 6) is 0. The molecule has 0 radical (unpaired) electrons. The SMILES string of the molecule is C[C@@H]1CO[C@@H]2COCc3cc(C(F)(F)F)ccc3[C@@H]2N1. The van der Waals surface area contributed by atoms with Crippen LogP contribution >= 0.6 is 0 Å². The third-order valence-electron chi connectivity index (χ3n) is 3.74. The molecule has 0 aliphatic carbocycles. The zero-order valence-electron chi connectivity index (χ0n) is 11.0. The van der Waals surface area contributed by atoms with Gasteiger partial charge in [-0.15, -0.1) is 0 Å². The Hall–Kier alpha value is -1.11. The van der Waals surface area contributed by atoms with Crippen molar-refractivity contribution < 1.29 is 22.6 Å². The van der Waals surface area contributed by atoms with Crippen molar-refractivity contribution in [1.29, 1.82) is 0 Å². The number of halogens is 3. The minimum Gasteiger partial charge on any atom is -0.374 e. The highest BCUT2D eigenvalue weighted by Gasteiger charge is 2.36. The van der Waals surface area contributed by atoms with E-state index in [0.29, 0.717) is 18.8 Å². The number of hydrogen-bond acceptors (Lipinski definition) is 3. The summed E-state index contributed by atoms with van der Waals surface area (Å²) in [4.78, 5) is 0. The lowest BCUT2D eigenvalue weighted by molar-refractivity contribution is -0.137. The largest absolute Gasteiger partial charge is 0.416 e. The molecule has 2 aliphatic rings. The molecular weight excluding hydrogens is 271 g/mol. The summed E-state index contributed by atoms with van der Waals surface area (Å²) in [6.45, 7) is 3.15. The number of hydrogen-bond donors (Lipinski definition) is 1. The third kappa shape index (κ3) is 2.55. The number of ether oxygens (including phenoxy) is 2. The lowest BCUT2D eigenvalue weighted by Gasteiger charge is -2.35. The van der Waals surface area contributed by atoms with Crippen LogP contribution in [0.4, 0.5) is 13.2 Å². The van der Waals surface area contributed by atoms with Crippen LogP contribution in [0.15, 0.2) is 18.2 Å². The average molecular weight is 287 g/mol. The fraction of sp³-hybridized carbons (Fsp3) is 0.571. The lowest BCUT2D eigenvalue weighted by Crippen LogP contribution is -2.48. The molecule has 1 N–H and O–H groups in total. The third-order valence-corrected chi connectivity index (χ3v) is 3.74. The quantitative estimate of drug-likeness (QED) is 0.796. The van der Waals surface area contributed by atoms with Gasteiger partial charge in [0.2, 0.25) is 0 Å². The first-order valence-electron chi connectivity index (χ1n) is 6.60. The van der Waals surface area contributed by atoms with Gasteiger partial charge in [-0.1, -0.05) is 6.07 Å². The minimum atomic E-state index is -4.33. The highest BCUT2D eigenvalue weighted by atomic mass is 19.4. The minimum absolute atomic E-state index is 0.112. The van der Waals surface area contributed by atoms with Crippen molar-refractivity contribution in [2.24, 2.45) is 0 Å². The summed E-state index contributed by atoms with van der Waals surface area (Å²) in [7, 11) is 0. The summed E-state index contributed by atoms with van der Waals surface area (Å²) in [5, 5.41) is 3.39. The monoisotopic (exact) mass is 287 g/mol. The molecular formula is C14H16F3NO2. The summed E-state index contributed by atoms with van der Waals surface area (Å²) >= 11 is 0. The zero-order chi connectivity index (χ0) is 14.3. The van der Waals surface area contributed by atoms with Gasteiger partial charge in [-0.05, 0) is 30.2 Å². The molecule has 20 heavy (non-hydrogen) atoms. The van der Waals surface area contributed by atoms with Crippen LogP contribution in [0.5, 0.6) is 0 Å². The van der Waals surface area contributed by atoms with Gasteiger partial charge in [0.05, 0.1) is 31.4 Å². The molecule has 0 bridgehead atoms. The maximum atomic E-state index is 12.8. The molecule has 0 amide bonds. The zero-order valence-corrected chi connectivity index (χ0v) is 11.0. The van der Waals surface area contributed by atoms with Crippen LogP contribution in [-0.4, -0.2) is 25.4 Å². The van der Waals surface area contributed by atoms with Gasteiger partial charge >= 0.3 is 6.18 Å². The Labute approximate surface area is 115 Å². The number of alkyl halides is 3. The van der Waals surface area contributed by atoms with Crippen molar-refractivity contribution in [3.63, 3.8) is 0 Å². The molecule has 0 unspecified atom stereocenters. The topological polar surface area (TPSA) is 30.5 Å². The molecule has 0 saturated carbocycles. The molecule has 110 valence electrons. The van der Waals surface area contributed by atoms with Crippen LogP contribution in [0.1, 0.15) is 29.7 Å². The molecule has 0 spiro atoms. The van der Waals surface area contributed by atoms with Gasteiger partial charge in [0.15, 0.2) is 0 Å². The van der Waals surface area contributed by atoms with E-state index in [0.717, 1.165) is 11.6 Å². The standard InChI is InChI=1S/C14H16F3NO2/c1-8-5-20-12-7-19-6-9-4-10(14(15,16)17)2-3-11(9)13(12)18-8/h2-4,8,12-13,18H,5-7H2,1H3/t8-,12-,13+/m1/s1. The molecule has 1 fully saturated rings. The highest BCUT2D eigenvalue weighted by molar-refractivity contribution is 5.36. The van der Waals surface area contributed by atoms with Gasteiger partial charge < -0.3 is 14.8 Å². The number of nitrogens with one attached hydrogen (secondary N) is 1. The van der Waals surface area contributed by atoms with Crippen LogP contribution in [0, 0.1) is 0 Å². The van der Waals surface area contributed by atoms with E-state index in [2.05, 4.69) is 5.32 Å². The van der Waals surface area contributed by atoms with Gasteiger partial charge in [-0.3, -0.25) is 0 Å². The normalized spacial score (nSPS) is 30.3. The highest BCUT2D eigenvalue weighted by Crippen LogP contribution is 2.35. The molecule has 2 heterocycles. The van der Waals surface area contributed by atoms with E-state index in [4.69, 9.17) is 9.47 Å².